The van der Waals surface area contributed by atoms with Crippen LogP contribution >= 0.6 is 8.19 Å². The van der Waals surface area contributed by atoms with Gasteiger partial charge in [0.05, 0.1) is 0 Å². The first-order valence-electron chi connectivity index (χ1n) is 4.59. The fourth-order valence-corrected chi connectivity index (χ4v) is 2.01. The molecule has 0 amide bonds. The third kappa shape index (κ3) is 4.72. The Morgan fingerprint density at radius 2 is 1.85 bits per heavy atom. The minimum atomic E-state index is 0.785. The molecular weight excluding hydrogens is 177 g/mol. The standard InChI is InChI=1S/C11H16NP/c12-9-6-8-11-7-4-2-1-3-5-10-13-11/h1-5,7,10,13H,6,8-9,12H2. The summed E-state index contributed by atoms with van der Waals surface area (Å²) in [6.07, 6.45) is 2.22. The van der Waals surface area contributed by atoms with Gasteiger partial charge < -0.3 is 5.73 Å². The van der Waals surface area contributed by atoms with Crippen molar-refractivity contribution in [3.8, 4) is 0 Å². The van der Waals surface area contributed by atoms with Crippen LogP contribution in [0.3, 0.4) is 0 Å². The van der Waals surface area contributed by atoms with Gasteiger partial charge in [0.1, 0.15) is 0 Å². The highest BCUT2D eigenvalue weighted by atomic mass is 31.0. The van der Waals surface area contributed by atoms with Crippen molar-refractivity contribution in [2.75, 3.05) is 6.54 Å². The number of nitrogens with two attached hydrogens (primary N) is 1. The summed E-state index contributed by atoms with van der Waals surface area (Å²) in [5.41, 5.74) is 5.47. The third-order valence-corrected chi connectivity index (χ3v) is 2.90. The summed E-state index contributed by atoms with van der Waals surface area (Å²) in [7, 11) is 0.809. The van der Waals surface area contributed by atoms with E-state index >= 15 is 0 Å². The monoisotopic (exact) mass is 193 g/mol. The van der Waals surface area contributed by atoms with Crippen LogP contribution in [0.5, 0.6) is 0 Å². The van der Waals surface area contributed by atoms with Gasteiger partial charge in [0.25, 0.3) is 0 Å². The first kappa shape index (κ1) is 10.3. The molecule has 1 unspecified atom stereocenters. The summed E-state index contributed by atoms with van der Waals surface area (Å²) in [4.78, 5) is 0. The second kappa shape index (κ2) is 6.71. The van der Waals surface area contributed by atoms with Crippen molar-refractivity contribution >= 4 is 8.19 Å². The average molecular weight is 193 g/mol. The molecule has 0 fully saturated rings. The van der Waals surface area contributed by atoms with E-state index in [2.05, 4.69) is 36.1 Å². The van der Waals surface area contributed by atoms with E-state index in [1.165, 1.54) is 5.30 Å². The van der Waals surface area contributed by atoms with Crippen molar-refractivity contribution in [1.82, 2.24) is 0 Å². The molecular formula is C11H16NP. The van der Waals surface area contributed by atoms with E-state index in [4.69, 9.17) is 5.73 Å². The van der Waals surface area contributed by atoms with Gasteiger partial charge in [-0.2, -0.15) is 0 Å². The van der Waals surface area contributed by atoms with E-state index in [0.29, 0.717) is 0 Å². The smallest absolute Gasteiger partial charge is 0.00740 e. The molecule has 0 saturated heterocycles. The van der Waals surface area contributed by atoms with Crippen LogP contribution in [0.2, 0.25) is 0 Å². The maximum absolute atomic E-state index is 5.47. The lowest BCUT2D eigenvalue weighted by molar-refractivity contribution is 0.843. The van der Waals surface area contributed by atoms with E-state index in [-0.39, 0.29) is 0 Å². The Labute approximate surface area is 81.4 Å². The van der Waals surface area contributed by atoms with E-state index < -0.39 is 0 Å². The molecule has 0 aromatic carbocycles. The van der Waals surface area contributed by atoms with Crippen molar-refractivity contribution < 1.29 is 0 Å². The molecule has 13 heavy (non-hydrogen) atoms. The topological polar surface area (TPSA) is 26.0 Å². The highest BCUT2D eigenvalue weighted by Crippen LogP contribution is 2.11. The van der Waals surface area contributed by atoms with Gasteiger partial charge in [0.2, 0.25) is 0 Å². The molecule has 1 rings (SSSR count). The molecule has 0 aliphatic heterocycles. The number of aryl methyl sites for hydroxylation is 1. The van der Waals surface area contributed by atoms with Crippen LogP contribution in [0.15, 0.2) is 42.2 Å². The predicted molar refractivity (Wildman–Crippen MR) is 60.9 cm³/mol. The zero-order valence-electron chi connectivity index (χ0n) is 7.74. The first-order valence-corrected chi connectivity index (χ1v) is 5.67. The molecule has 0 aliphatic carbocycles. The zero-order chi connectivity index (χ0) is 9.36. The molecule has 0 spiro atoms. The lowest BCUT2D eigenvalue weighted by Crippen LogP contribution is -1.99. The van der Waals surface area contributed by atoms with Crippen LogP contribution in [0, 0.1) is 0 Å². The van der Waals surface area contributed by atoms with Gasteiger partial charge in [0, 0.05) is 0 Å². The van der Waals surface area contributed by atoms with E-state index in [1.807, 2.05) is 6.07 Å². The van der Waals surface area contributed by atoms with Crippen molar-refractivity contribution in [2.24, 2.45) is 5.73 Å². The average Bonchev–Trinajstić information content (AvgIpc) is 2.28. The third-order valence-electron chi connectivity index (χ3n) is 1.76. The molecule has 1 aromatic heterocycles. The Hall–Kier alpha value is -0.780. The van der Waals surface area contributed by atoms with Gasteiger partial charge in [-0.1, -0.05) is 36.4 Å². The van der Waals surface area contributed by atoms with Gasteiger partial charge >= 0.3 is 0 Å². The lowest BCUT2D eigenvalue weighted by atomic mass is 10.3. The highest BCUT2D eigenvalue weighted by Gasteiger charge is 1.86. The van der Waals surface area contributed by atoms with Gasteiger partial charge in [0.15, 0.2) is 0 Å². The molecule has 2 N–H and O–H groups in total. The van der Waals surface area contributed by atoms with Gasteiger partial charge in [-0.25, -0.2) is 0 Å². The van der Waals surface area contributed by atoms with Gasteiger partial charge in [-0.15, -0.1) is 8.19 Å². The molecule has 70 valence electrons. The summed E-state index contributed by atoms with van der Waals surface area (Å²) < 4.78 is 0. The highest BCUT2D eigenvalue weighted by molar-refractivity contribution is 7.29. The minimum Gasteiger partial charge on any atom is -0.330 e. The van der Waals surface area contributed by atoms with Gasteiger partial charge in [-0.05, 0) is 30.5 Å². The Bertz CT molecular complexity index is 255. The molecule has 2 heteroatoms. The predicted octanol–water partition coefficient (Wildman–Crippen LogP) is 2.73. The second-order valence-corrected chi connectivity index (χ2v) is 4.12. The molecule has 1 aromatic rings. The number of hydrogen-bond acceptors (Lipinski definition) is 1. The van der Waals surface area contributed by atoms with Crippen molar-refractivity contribution in [3.05, 3.63) is 47.5 Å². The van der Waals surface area contributed by atoms with Crippen molar-refractivity contribution in [3.63, 3.8) is 0 Å². The quantitative estimate of drug-likeness (QED) is 0.784. The largest absolute Gasteiger partial charge is 0.330 e. The zero-order valence-corrected chi connectivity index (χ0v) is 8.74. The van der Waals surface area contributed by atoms with E-state index in [9.17, 15) is 0 Å². The molecule has 1 atom stereocenters. The van der Waals surface area contributed by atoms with Gasteiger partial charge in [-0.3, -0.25) is 0 Å². The molecule has 1 heterocycles. The number of rotatable bonds is 3. The van der Waals surface area contributed by atoms with Crippen LogP contribution in [-0.4, -0.2) is 6.54 Å². The minimum absolute atomic E-state index is 0.785. The Balaban J connectivity index is 2.78. The fourth-order valence-electron chi connectivity index (χ4n) is 1.07. The Morgan fingerprint density at radius 3 is 2.69 bits per heavy atom. The van der Waals surface area contributed by atoms with Crippen LogP contribution in [0.1, 0.15) is 11.7 Å². The fraction of sp³-hybridized carbons (Fsp3) is 0.273. The van der Waals surface area contributed by atoms with Crippen LogP contribution < -0.4 is 5.73 Å². The van der Waals surface area contributed by atoms with Crippen LogP contribution in [0.25, 0.3) is 0 Å². The number of hydrogen-bond donors (Lipinski definition) is 1. The molecule has 1 nitrogen and oxygen atoms in total. The molecule has 0 radical (unpaired) electrons. The van der Waals surface area contributed by atoms with Crippen molar-refractivity contribution in [1.29, 1.82) is 0 Å². The summed E-state index contributed by atoms with van der Waals surface area (Å²) in [5, 5.41) is 1.49. The van der Waals surface area contributed by atoms with Crippen LogP contribution in [-0.2, 0) is 6.42 Å². The SMILES string of the molecule is NCCCc1ccccccc[pH]1. The van der Waals surface area contributed by atoms with E-state index in [0.717, 1.165) is 27.6 Å². The molecule has 0 saturated carbocycles. The van der Waals surface area contributed by atoms with Crippen molar-refractivity contribution in [2.45, 2.75) is 12.8 Å². The Morgan fingerprint density at radius 1 is 1.08 bits per heavy atom. The Kier molecular flexibility index (Phi) is 5.31. The van der Waals surface area contributed by atoms with E-state index in [1.54, 1.807) is 0 Å². The van der Waals surface area contributed by atoms with Crippen LogP contribution in [0.4, 0.5) is 0 Å². The first-order chi connectivity index (χ1) is 6.43. The summed E-state index contributed by atoms with van der Waals surface area (Å²) in [5.74, 6) is 2.21. The summed E-state index contributed by atoms with van der Waals surface area (Å²) in [6, 6.07) is 12.6. The summed E-state index contributed by atoms with van der Waals surface area (Å²) >= 11 is 0. The second-order valence-electron chi connectivity index (χ2n) is 2.86. The lowest BCUT2D eigenvalue weighted by Gasteiger charge is -1.94. The maximum atomic E-state index is 5.47. The normalized spacial score (nSPS) is 9.92. The summed E-state index contributed by atoms with van der Waals surface area (Å²) in [6.45, 7) is 0.785. The molecule has 0 aliphatic rings. The molecule has 0 bridgehead atoms. The maximum Gasteiger partial charge on any atom is -0.00740 e.